The molecule has 46 heavy (non-hydrogen) atoms. The number of piperazine rings is 1. The third-order valence-electron chi connectivity index (χ3n) is 7.66. The molecule has 0 unspecified atom stereocenters. The smallest absolute Gasteiger partial charge is 0.247 e. The van der Waals surface area contributed by atoms with Crippen LogP contribution >= 0.6 is 34.8 Å². The van der Waals surface area contributed by atoms with Gasteiger partial charge in [0.15, 0.2) is 5.75 Å². The summed E-state index contributed by atoms with van der Waals surface area (Å²) in [4.78, 5) is 47.1. The maximum Gasteiger partial charge on any atom is 0.247 e. The Kier molecular flexibility index (Phi) is 11.3. The van der Waals surface area contributed by atoms with Crippen LogP contribution in [0.4, 0.5) is 5.69 Å². The number of carbonyl (C=O) groups is 3. The lowest BCUT2D eigenvalue weighted by Crippen LogP contribution is -2.61. The summed E-state index contributed by atoms with van der Waals surface area (Å²) in [6.07, 6.45) is 3.49. The molecule has 1 aliphatic heterocycles. The van der Waals surface area contributed by atoms with Gasteiger partial charge in [0.05, 0.1) is 34.9 Å². The molecule has 0 radical (unpaired) electrons. The predicted molar refractivity (Wildman–Crippen MR) is 178 cm³/mol. The van der Waals surface area contributed by atoms with Gasteiger partial charge in [-0.1, -0.05) is 46.9 Å². The number of nitrogens with zero attached hydrogens (tertiary/aromatic N) is 3. The van der Waals surface area contributed by atoms with Crippen molar-refractivity contribution >= 4 is 58.2 Å². The lowest BCUT2D eigenvalue weighted by molar-refractivity contribution is -0.136. The third-order valence-corrected chi connectivity index (χ3v) is 8.59. The van der Waals surface area contributed by atoms with Crippen LogP contribution in [0.2, 0.25) is 15.1 Å². The molecule has 1 saturated carbocycles. The number of pyridine rings is 1. The van der Waals surface area contributed by atoms with Crippen LogP contribution in [-0.2, 0) is 27.3 Å². The number of ether oxygens (including phenoxy) is 2. The maximum absolute atomic E-state index is 14.1. The molecule has 1 aromatic heterocycles. The van der Waals surface area contributed by atoms with Crippen LogP contribution in [0.5, 0.6) is 11.6 Å². The van der Waals surface area contributed by atoms with Crippen molar-refractivity contribution in [1.29, 1.82) is 0 Å². The number of rotatable bonds is 13. The highest BCUT2D eigenvalue weighted by Crippen LogP contribution is 2.34. The third kappa shape index (κ3) is 8.41. The highest BCUT2D eigenvalue weighted by molar-refractivity contribution is 6.37. The van der Waals surface area contributed by atoms with Gasteiger partial charge < -0.3 is 25.0 Å². The van der Waals surface area contributed by atoms with Crippen molar-refractivity contribution in [3.8, 4) is 11.6 Å². The molecule has 2 aromatic carbocycles. The molecule has 0 spiro atoms. The van der Waals surface area contributed by atoms with E-state index >= 15 is 0 Å². The number of likely N-dealkylation sites (N-methyl/N-ethyl adjacent to an activating group) is 1. The first-order valence-electron chi connectivity index (χ1n) is 15.2. The summed E-state index contributed by atoms with van der Waals surface area (Å²) in [6.45, 7) is 5.35. The van der Waals surface area contributed by atoms with Crippen LogP contribution in [0.15, 0.2) is 48.7 Å². The molecule has 1 atom stereocenters. The topological polar surface area (TPSA) is 113 Å². The van der Waals surface area contributed by atoms with E-state index in [4.69, 9.17) is 44.3 Å². The first-order valence-corrected chi connectivity index (χ1v) is 16.3. The minimum atomic E-state index is -0.773. The van der Waals surface area contributed by atoms with Gasteiger partial charge in [0.25, 0.3) is 0 Å². The summed E-state index contributed by atoms with van der Waals surface area (Å²) in [5, 5.41) is 7.24. The van der Waals surface area contributed by atoms with Crippen molar-refractivity contribution in [2.24, 2.45) is 0 Å². The molecular weight excluding hydrogens is 653 g/mol. The highest BCUT2D eigenvalue weighted by Gasteiger charge is 2.41. The number of halogens is 3. The molecule has 2 aliphatic rings. The van der Waals surface area contributed by atoms with E-state index in [0.717, 1.165) is 29.5 Å². The fourth-order valence-electron chi connectivity index (χ4n) is 5.35. The van der Waals surface area contributed by atoms with Crippen molar-refractivity contribution < 1.29 is 23.9 Å². The van der Waals surface area contributed by atoms with Crippen molar-refractivity contribution in [3.05, 3.63) is 80.4 Å². The van der Waals surface area contributed by atoms with Crippen LogP contribution in [0.25, 0.3) is 0 Å². The van der Waals surface area contributed by atoms with E-state index in [1.807, 2.05) is 26.0 Å². The first-order chi connectivity index (χ1) is 22.1. The van der Waals surface area contributed by atoms with E-state index in [1.54, 1.807) is 35.2 Å². The molecule has 0 bridgehead atoms. The van der Waals surface area contributed by atoms with Gasteiger partial charge >= 0.3 is 0 Å². The van der Waals surface area contributed by atoms with Gasteiger partial charge in [-0.3, -0.25) is 19.3 Å². The number of aromatic nitrogens is 1. The second kappa shape index (κ2) is 15.3. The molecule has 244 valence electrons. The Bertz CT molecular complexity index is 1560. The molecule has 3 aromatic rings. The second-order valence-corrected chi connectivity index (χ2v) is 12.5. The Labute approximate surface area is 283 Å². The molecule has 2 heterocycles. The lowest BCUT2D eigenvalue weighted by atomic mass is 10.1. The molecule has 2 fully saturated rings. The fourth-order valence-corrected chi connectivity index (χ4v) is 6.24. The zero-order valence-electron chi connectivity index (χ0n) is 25.7. The summed E-state index contributed by atoms with van der Waals surface area (Å²) in [5.41, 5.74) is 2.99. The Morgan fingerprint density at radius 3 is 2.46 bits per heavy atom. The molecule has 3 amide bonds. The van der Waals surface area contributed by atoms with E-state index in [-0.39, 0.29) is 56.5 Å². The van der Waals surface area contributed by atoms with Crippen molar-refractivity contribution in [2.75, 3.05) is 37.7 Å². The summed E-state index contributed by atoms with van der Waals surface area (Å²) >= 11 is 19.0. The average Bonchev–Trinajstić information content (AvgIpc) is 3.86. The minimum Gasteiger partial charge on any atom is -0.487 e. The summed E-state index contributed by atoms with van der Waals surface area (Å²) in [5.74, 6) is 0.227. The predicted octanol–water partition coefficient (Wildman–Crippen LogP) is 4.98. The van der Waals surface area contributed by atoms with Gasteiger partial charge in [-0.25, -0.2) is 4.98 Å². The molecule has 10 nitrogen and oxygen atoms in total. The van der Waals surface area contributed by atoms with Crippen molar-refractivity contribution in [3.63, 3.8) is 0 Å². The number of amides is 3. The average molecular weight is 689 g/mol. The number of anilines is 1. The van der Waals surface area contributed by atoms with Crippen molar-refractivity contribution in [1.82, 2.24) is 20.5 Å². The lowest BCUT2D eigenvalue weighted by Gasteiger charge is -2.38. The Morgan fingerprint density at radius 2 is 1.78 bits per heavy atom. The van der Waals surface area contributed by atoms with Gasteiger partial charge in [0, 0.05) is 36.8 Å². The number of aryl methyl sites for hydroxylation is 1. The van der Waals surface area contributed by atoms with E-state index in [0.29, 0.717) is 45.5 Å². The zero-order valence-corrected chi connectivity index (χ0v) is 27.9. The van der Waals surface area contributed by atoms with Crippen LogP contribution in [0.1, 0.15) is 36.5 Å². The number of hydrogen-bond acceptors (Lipinski definition) is 7. The number of nitrogens with one attached hydrogen (secondary N) is 2. The Morgan fingerprint density at radius 1 is 1.04 bits per heavy atom. The normalized spacial score (nSPS) is 16.2. The maximum atomic E-state index is 14.1. The number of hydrogen-bond donors (Lipinski definition) is 2. The van der Waals surface area contributed by atoms with Gasteiger partial charge in [-0.2, -0.15) is 0 Å². The molecular formula is C33H36Cl3N5O5. The number of carbonyl (C=O) groups excluding carboxylic acids is 3. The monoisotopic (exact) mass is 687 g/mol. The largest absolute Gasteiger partial charge is 0.487 e. The van der Waals surface area contributed by atoms with Gasteiger partial charge in [0.2, 0.25) is 23.6 Å². The van der Waals surface area contributed by atoms with E-state index in [9.17, 15) is 14.4 Å². The first kappa shape index (κ1) is 33.8. The SMILES string of the molecule is CCNC(=O)Cc1ccc(Cl)c(CN(C(=O)[C@H]2CNCC(=O)N2c2ccc(OCCOc3c(Cl)cc(C)cc3Cl)nc2)C2CC2)c1. The summed E-state index contributed by atoms with van der Waals surface area (Å²) in [7, 11) is 0. The second-order valence-electron chi connectivity index (χ2n) is 11.3. The Balaban J connectivity index is 1.25. The summed E-state index contributed by atoms with van der Waals surface area (Å²) in [6, 6.07) is 11.6. The van der Waals surface area contributed by atoms with Gasteiger partial charge in [-0.05, 0) is 67.6 Å². The molecule has 5 rings (SSSR count). The van der Waals surface area contributed by atoms with Gasteiger partial charge in [-0.15, -0.1) is 0 Å². The van der Waals surface area contributed by atoms with Gasteiger partial charge in [0.1, 0.15) is 19.3 Å². The van der Waals surface area contributed by atoms with E-state index < -0.39 is 6.04 Å². The molecule has 13 heteroatoms. The van der Waals surface area contributed by atoms with Crippen LogP contribution in [0, 0.1) is 6.92 Å². The molecule has 2 N–H and O–H groups in total. The zero-order chi connectivity index (χ0) is 32.8. The van der Waals surface area contributed by atoms with Crippen molar-refractivity contribution in [2.45, 2.75) is 51.7 Å². The summed E-state index contributed by atoms with van der Waals surface area (Å²) < 4.78 is 11.4. The minimum absolute atomic E-state index is 0.0512. The fraction of sp³-hybridized carbons (Fsp3) is 0.394. The van der Waals surface area contributed by atoms with E-state index in [2.05, 4.69) is 15.6 Å². The quantitative estimate of drug-likeness (QED) is 0.244. The standard InChI is InChI=1S/C33H36Cl3N5O5/c1-3-38-29(42)15-21-4-8-25(34)22(14-21)19-40(23-5-6-23)33(44)28-17-37-18-31(43)41(28)24-7-9-30(39-16-24)45-10-11-46-32-26(35)12-20(2)13-27(32)36/h4,7-9,12-14,16,23,28,37H,3,5-6,10-11,15,17-19H2,1-2H3,(H,38,42)/t28-/m1/s1. The van der Waals surface area contributed by atoms with Crippen LogP contribution < -0.4 is 25.0 Å². The molecule has 1 aliphatic carbocycles. The highest BCUT2D eigenvalue weighted by atomic mass is 35.5. The van der Waals surface area contributed by atoms with Crippen LogP contribution in [0.3, 0.4) is 0 Å². The number of benzene rings is 2. The van der Waals surface area contributed by atoms with Crippen LogP contribution in [-0.4, -0.2) is 72.5 Å². The Hall–Kier alpha value is -3.57. The molecule has 1 saturated heterocycles. The van der Waals surface area contributed by atoms with E-state index in [1.165, 1.54) is 11.1 Å².